The number of hydrogen-bond acceptors (Lipinski definition) is 10. The molecule has 10 heteroatoms. The largest absolute Gasteiger partial charge is 0.466 e. The van der Waals surface area contributed by atoms with Gasteiger partial charge in [0, 0.05) is 6.42 Å². The molecule has 126 valence electrons. The lowest BCUT2D eigenvalue weighted by Gasteiger charge is -2.18. The van der Waals surface area contributed by atoms with Crippen molar-refractivity contribution in [2.45, 2.75) is 45.6 Å². The van der Waals surface area contributed by atoms with Crippen LogP contribution < -0.4 is 0 Å². The summed E-state index contributed by atoms with van der Waals surface area (Å²) in [5.74, 6) is -0.0124. The quantitative estimate of drug-likeness (QED) is 0.236. The molecule has 0 aliphatic heterocycles. The van der Waals surface area contributed by atoms with Crippen LogP contribution in [0, 0.1) is 5.92 Å². The Labute approximate surface area is 122 Å². The Morgan fingerprint density at radius 3 is 2.29 bits per heavy atom. The van der Waals surface area contributed by atoms with E-state index in [1.54, 1.807) is 0 Å². The Hall–Kier alpha value is -0.850. The fourth-order valence-electron chi connectivity index (χ4n) is 1.50. The molecule has 0 spiro atoms. The first-order valence-electron chi connectivity index (χ1n) is 6.62. The Morgan fingerprint density at radius 1 is 1.10 bits per heavy atom. The standard InChI is InChI=1S/C11H24N2O8/c1-9(2)7-11(14)19-6-4-3-5-10(21-13(17)18)8-20-12(15)16/h9-10,15-18H,3-8H2,1-2H3/t10-/m1/s1. The summed E-state index contributed by atoms with van der Waals surface area (Å²) in [4.78, 5) is 20.1. The van der Waals surface area contributed by atoms with Gasteiger partial charge in [-0.2, -0.15) is 0 Å². The van der Waals surface area contributed by atoms with Gasteiger partial charge in [-0.25, -0.2) is 9.68 Å². The summed E-state index contributed by atoms with van der Waals surface area (Å²) in [5, 5.41) is 32.9. The minimum absolute atomic E-state index is 0.243. The van der Waals surface area contributed by atoms with E-state index in [4.69, 9.17) is 25.6 Å². The molecule has 0 aliphatic rings. The molecule has 0 unspecified atom stereocenters. The highest BCUT2D eigenvalue weighted by Crippen LogP contribution is 2.08. The van der Waals surface area contributed by atoms with E-state index < -0.39 is 16.9 Å². The first-order valence-corrected chi connectivity index (χ1v) is 6.62. The maximum absolute atomic E-state index is 11.3. The average Bonchev–Trinajstić information content (AvgIpc) is 2.33. The summed E-state index contributed by atoms with van der Waals surface area (Å²) in [6.45, 7) is 3.79. The zero-order valence-electron chi connectivity index (χ0n) is 12.2. The molecule has 0 saturated carbocycles. The number of ether oxygens (including phenoxy) is 1. The first kappa shape index (κ1) is 20.1. The third-order valence-corrected chi connectivity index (χ3v) is 2.38. The van der Waals surface area contributed by atoms with E-state index in [9.17, 15) is 4.79 Å². The van der Waals surface area contributed by atoms with E-state index in [0.717, 1.165) is 0 Å². The van der Waals surface area contributed by atoms with E-state index in [2.05, 4.69) is 9.68 Å². The van der Waals surface area contributed by atoms with E-state index in [1.807, 2.05) is 13.8 Å². The number of unbranched alkanes of at least 4 members (excludes halogenated alkanes) is 1. The molecule has 0 bridgehead atoms. The van der Waals surface area contributed by atoms with Crippen molar-refractivity contribution in [2.75, 3.05) is 13.2 Å². The molecule has 1 atom stereocenters. The SMILES string of the molecule is CC(C)CC(=O)OCCCC[C@H](CON(O)O)ON(O)O. The van der Waals surface area contributed by atoms with Crippen LogP contribution in [0.25, 0.3) is 0 Å². The van der Waals surface area contributed by atoms with Gasteiger partial charge in [-0.15, -0.1) is 0 Å². The summed E-state index contributed by atoms with van der Waals surface area (Å²) in [7, 11) is 0. The molecule has 0 aromatic carbocycles. The number of carbonyl (C=O) groups excluding carboxylic acids is 1. The predicted octanol–water partition coefficient (Wildman–Crippen LogP) is 1.14. The zero-order valence-corrected chi connectivity index (χ0v) is 12.2. The van der Waals surface area contributed by atoms with Crippen molar-refractivity contribution in [1.82, 2.24) is 10.8 Å². The molecular formula is C11H24N2O8. The normalized spacial score (nSPS) is 13.2. The van der Waals surface area contributed by atoms with Gasteiger partial charge in [0.05, 0.1) is 17.4 Å². The summed E-state index contributed by atoms with van der Waals surface area (Å²) in [6.07, 6.45) is 0.989. The van der Waals surface area contributed by atoms with Gasteiger partial charge in [0.15, 0.2) is 0 Å². The lowest BCUT2D eigenvalue weighted by atomic mass is 10.1. The smallest absolute Gasteiger partial charge is 0.306 e. The van der Waals surface area contributed by atoms with Crippen molar-refractivity contribution in [3.05, 3.63) is 0 Å². The minimum Gasteiger partial charge on any atom is -0.466 e. The molecule has 4 N–H and O–H groups in total. The zero-order chi connectivity index (χ0) is 16.3. The molecule has 0 aliphatic carbocycles. The Kier molecular flexibility index (Phi) is 11.3. The topological polar surface area (TPSA) is 132 Å². The van der Waals surface area contributed by atoms with Crippen LogP contribution in [0.15, 0.2) is 0 Å². The fourth-order valence-corrected chi connectivity index (χ4v) is 1.50. The molecular weight excluding hydrogens is 288 g/mol. The van der Waals surface area contributed by atoms with E-state index in [-0.39, 0.29) is 25.1 Å². The van der Waals surface area contributed by atoms with Crippen LogP contribution in [-0.4, -0.2) is 56.9 Å². The van der Waals surface area contributed by atoms with Crippen LogP contribution in [0.4, 0.5) is 0 Å². The van der Waals surface area contributed by atoms with Gasteiger partial charge < -0.3 is 4.74 Å². The molecule has 0 aromatic rings. The second-order valence-electron chi connectivity index (χ2n) is 4.84. The molecule has 0 fully saturated rings. The van der Waals surface area contributed by atoms with E-state index >= 15 is 0 Å². The summed E-state index contributed by atoms with van der Waals surface area (Å²) < 4.78 is 5.01. The van der Waals surface area contributed by atoms with Crippen molar-refractivity contribution in [2.24, 2.45) is 5.92 Å². The van der Waals surface area contributed by atoms with E-state index in [0.29, 0.717) is 25.7 Å². The Bertz CT molecular complexity index is 275. The molecule has 0 heterocycles. The van der Waals surface area contributed by atoms with Gasteiger partial charge in [0.1, 0.15) is 12.7 Å². The van der Waals surface area contributed by atoms with Gasteiger partial charge in [-0.1, -0.05) is 13.8 Å². The summed E-state index contributed by atoms with van der Waals surface area (Å²) in [5.41, 5.74) is 0. The lowest BCUT2D eigenvalue weighted by molar-refractivity contribution is -0.527. The van der Waals surface area contributed by atoms with Crippen LogP contribution in [-0.2, 0) is 19.2 Å². The second-order valence-corrected chi connectivity index (χ2v) is 4.84. The first-order chi connectivity index (χ1) is 9.81. The minimum atomic E-state index is -0.812. The molecule has 0 saturated heterocycles. The highest BCUT2D eigenvalue weighted by Gasteiger charge is 2.15. The van der Waals surface area contributed by atoms with Crippen LogP contribution in [0.1, 0.15) is 39.5 Å². The van der Waals surface area contributed by atoms with E-state index in [1.165, 1.54) is 0 Å². The fraction of sp³-hybridized carbons (Fsp3) is 0.909. The molecule has 10 nitrogen and oxygen atoms in total. The number of carbonyl (C=O) groups is 1. The average molecular weight is 312 g/mol. The van der Waals surface area contributed by atoms with Crippen LogP contribution >= 0.6 is 0 Å². The van der Waals surface area contributed by atoms with Crippen molar-refractivity contribution in [1.29, 1.82) is 0 Å². The summed E-state index contributed by atoms with van der Waals surface area (Å²) >= 11 is 0. The Morgan fingerprint density at radius 2 is 1.76 bits per heavy atom. The van der Waals surface area contributed by atoms with Gasteiger partial charge in [0.2, 0.25) is 0 Å². The molecule has 21 heavy (non-hydrogen) atoms. The predicted molar refractivity (Wildman–Crippen MR) is 65.9 cm³/mol. The number of hydrogen-bond donors (Lipinski definition) is 4. The monoisotopic (exact) mass is 312 g/mol. The molecule has 0 radical (unpaired) electrons. The third kappa shape index (κ3) is 13.9. The molecule has 0 rings (SSSR count). The van der Waals surface area contributed by atoms with Crippen LogP contribution in [0.2, 0.25) is 0 Å². The third-order valence-electron chi connectivity index (χ3n) is 2.38. The number of rotatable bonds is 12. The summed E-state index contributed by atoms with van der Waals surface area (Å²) in [6, 6.07) is 0. The highest BCUT2D eigenvalue weighted by atomic mass is 17.1. The molecule has 0 amide bonds. The van der Waals surface area contributed by atoms with Gasteiger partial charge in [0.25, 0.3) is 0 Å². The van der Waals surface area contributed by atoms with Crippen LogP contribution in [0.5, 0.6) is 0 Å². The van der Waals surface area contributed by atoms with Gasteiger partial charge in [-0.3, -0.25) is 25.6 Å². The lowest BCUT2D eigenvalue weighted by Crippen LogP contribution is -2.31. The Balaban J connectivity index is 3.78. The van der Waals surface area contributed by atoms with Gasteiger partial charge in [-0.05, 0) is 25.2 Å². The molecule has 0 aromatic heterocycles. The van der Waals surface area contributed by atoms with Crippen molar-refractivity contribution in [3.63, 3.8) is 0 Å². The maximum Gasteiger partial charge on any atom is 0.306 e. The maximum atomic E-state index is 11.3. The number of nitrogens with zero attached hydrogens (tertiary/aromatic N) is 2. The van der Waals surface area contributed by atoms with Crippen molar-refractivity contribution < 1.29 is 40.0 Å². The van der Waals surface area contributed by atoms with Crippen molar-refractivity contribution >= 4 is 5.97 Å². The highest BCUT2D eigenvalue weighted by molar-refractivity contribution is 5.69. The van der Waals surface area contributed by atoms with Crippen LogP contribution in [0.3, 0.4) is 0 Å². The van der Waals surface area contributed by atoms with Crippen molar-refractivity contribution in [3.8, 4) is 0 Å². The second kappa shape index (κ2) is 11.8. The van der Waals surface area contributed by atoms with Gasteiger partial charge >= 0.3 is 5.97 Å². The number of esters is 1.